The van der Waals surface area contributed by atoms with Crippen molar-refractivity contribution in [2.75, 3.05) is 32.8 Å². The summed E-state index contributed by atoms with van der Waals surface area (Å²) in [5.41, 5.74) is 0. The maximum absolute atomic E-state index is 12.2. The highest BCUT2D eigenvalue weighted by Gasteiger charge is 2.21. The molecule has 1 aliphatic carbocycles. The maximum atomic E-state index is 12.2. The topological polar surface area (TPSA) is 50.8 Å². The number of carbonyl (C=O) groups excluding carboxylic acids is 1. The smallest absolute Gasteiger partial charge is 0.234 e. The van der Waals surface area contributed by atoms with E-state index in [1.165, 1.54) is 32.1 Å². The summed E-state index contributed by atoms with van der Waals surface area (Å²) in [6.07, 6.45) is 6.37. The molecule has 25 heavy (non-hydrogen) atoms. The van der Waals surface area contributed by atoms with Crippen LogP contribution in [0.15, 0.2) is 24.3 Å². The van der Waals surface area contributed by atoms with Gasteiger partial charge in [0, 0.05) is 6.04 Å². The molecule has 1 aromatic rings. The van der Waals surface area contributed by atoms with Crippen LogP contribution >= 0.6 is 0 Å². The highest BCUT2D eigenvalue weighted by molar-refractivity contribution is 5.78. The van der Waals surface area contributed by atoms with Gasteiger partial charge in [-0.25, -0.2) is 0 Å². The predicted octanol–water partition coefficient (Wildman–Crippen LogP) is 3.23. The molecule has 0 radical (unpaired) electrons. The van der Waals surface area contributed by atoms with Crippen molar-refractivity contribution in [3.05, 3.63) is 24.3 Å². The van der Waals surface area contributed by atoms with Crippen molar-refractivity contribution in [1.29, 1.82) is 0 Å². The van der Waals surface area contributed by atoms with Gasteiger partial charge < -0.3 is 14.8 Å². The zero-order chi connectivity index (χ0) is 17.9. The lowest BCUT2D eigenvalue weighted by Gasteiger charge is -2.32. The molecule has 1 amide bonds. The van der Waals surface area contributed by atoms with E-state index in [9.17, 15) is 4.79 Å². The average Bonchev–Trinajstić information content (AvgIpc) is 2.65. The summed E-state index contributed by atoms with van der Waals surface area (Å²) in [5, 5.41) is 2.96. The molecule has 5 nitrogen and oxygen atoms in total. The van der Waals surface area contributed by atoms with Gasteiger partial charge in [-0.2, -0.15) is 0 Å². The van der Waals surface area contributed by atoms with Crippen LogP contribution in [0, 0.1) is 0 Å². The second kappa shape index (κ2) is 11.0. The van der Waals surface area contributed by atoms with Crippen LogP contribution in [0.3, 0.4) is 0 Å². The van der Waals surface area contributed by atoms with Crippen molar-refractivity contribution < 1.29 is 14.3 Å². The largest absolute Gasteiger partial charge is 0.494 e. The van der Waals surface area contributed by atoms with Crippen molar-refractivity contribution in [2.45, 2.75) is 52.0 Å². The van der Waals surface area contributed by atoms with Gasteiger partial charge in [-0.3, -0.25) is 9.69 Å². The number of rotatable bonds is 10. The molecule has 0 heterocycles. The monoisotopic (exact) mass is 348 g/mol. The van der Waals surface area contributed by atoms with Crippen LogP contribution in [0.5, 0.6) is 11.5 Å². The third-order valence-electron chi connectivity index (χ3n) is 4.67. The molecule has 0 spiro atoms. The highest BCUT2D eigenvalue weighted by Crippen LogP contribution is 2.22. The van der Waals surface area contributed by atoms with Gasteiger partial charge in [-0.1, -0.05) is 26.2 Å². The first kappa shape index (κ1) is 19.6. The summed E-state index contributed by atoms with van der Waals surface area (Å²) in [6.45, 7) is 7.16. The Labute approximate surface area is 151 Å². The molecule has 0 unspecified atom stereocenters. The summed E-state index contributed by atoms with van der Waals surface area (Å²) in [4.78, 5) is 14.5. The van der Waals surface area contributed by atoms with Crippen molar-refractivity contribution in [3.8, 4) is 11.5 Å². The lowest BCUT2D eigenvalue weighted by Crippen LogP contribution is -2.44. The molecule has 140 valence electrons. The Hall–Kier alpha value is -1.75. The van der Waals surface area contributed by atoms with Crippen LogP contribution < -0.4 is 14.8 Å². The second-order valence-corrected chi connectivity index (χ2v) is 6.46. The molecule has 1 fully saturated rings. The maximum Gasteiger partial charge on any atom is 0.234 e. The molecule has 1 aromatic carbocycles. The number of benzene rings is 1. The Balaban J connectivity index is 1.64. The first-order valence-electron chi connectivity index (χ1n) is 9.59. The summed E-state index contributed by atoms with van der Waals surface area (Å²) >= 11 is 0. The predicted molar refractivity (Wildman–Crippen MR) is 100 cm³/mol. The van der Waals surface area contributed by atoms with Crippen molar-refractivity contribution in [3.63, 3.8) is 0 Å². The SMILES string of the molecule is CCOc1ccc(OCCNC(=O)CN(CC)C2CCCCC2)cc1. The van der Waals surface area contributed by atoms with Gasteiger partial charge in [0.25, 0.3) is 0 Å². The number of nitrogens with one attached hydrogen (secondary N) is 1. The molecule has 0 aliphatic heterocycles. The van der Waals surface area contributed by atoms with Gasteiger partial charge in [0.1, 0.15) is 18.1 Å². The summed E-state index contributed by atoms with van der Waals surface area (Å²) in [7, 11) is 0. The Morgan fingerprint density at radius 1 is 1.08 bits per heavy atom. The number of amides is 1. The molecule has 0 aromatic heterocycles. The van der Waals surface area contributed by atoms with E-state index in [1.54, 1.807) is 0 Å². The highest BCUT2D eigenvalue weighted by atomic mass is 16.5. The number of likely N-dealkylation sites (N-methyl/N-ethyl adjacent to an activating group) is 1. The van der Waals surface area contributed by atoms with E-state index in [-0.39, 0.29) is 5.91 Å². The van der Waals surface area contributed by atoms with Gasteiger partial charge in [0.2, 0.25) is 5.91 Å². The van der Waals surface area contributed by atoms with Crippen molar-refractivity contribution in [2.24, 2.45) is 0 Å². The van der Waals surface area contributed by atoms with Gasteiger partial charge in [0.05, 0.1) is 19.7 Å². The number of carbonyl (C=O) groups is 1. The lowest BCUT2D eigenvalue weighted by atomic mass is 9.94. The fourth-order valence-electron chi connectivity index (χ4n) is 3.34. The van der Waals surface area contributed by atoms with Gasteiger partial charge in [-0.15, -0.1) is 0 Å². The second-order valence-electron chi connectivity index (χ2n) is 6.46. The van der Waals surface area contributed by atoms with E-state index in [0.29, 0.717) is 32.3 Å². The van der Waals surface area contributed by atoms with Crippen LogP contribution in [0.4, 0.5) is 0 Å². The average molecular weight is 348 g/mol. The van der Waals surface area contributed by atoms with E-state index < -0.39 is 0 Å². The number of hydrogen-bond acceptors (Lipinski definition) is 4. The number of nitrogens with zero attached hydrogens (tertiary/aromatic N) is 1. The van der Waals surface area contributed by atoms with E-state index in [4.69, 9.17) is 9.47 Å². The molecule has 0 saturated heterocycles. The molecule has 0 atom stereocenters. The molecule has 1 saturated carbocycles. The molecular formula is C20H32N2O3. The van der Waals surface area contributed by atoms with Crippen LogP contribution in [0.25, 0.3) is 0 Å². The van der Waals surface area contributed by atoms with E-state index in [2.05, 4.69) is 17.1 Å². The zero-order valence-electron chi connectivity index (χ0n) is 15.6. The summed E-state index contributed by atoms with van der Waals surface area (Å²) in [6, 6.07) is 8.12. The Bertz CT molecular complexity index is 498. The fourth-order valence-corrected chi connectivity index (χ4v) is 3.34. The molecule has 1 N–H and O–H groups in total. The standard InChI is InChI=1S/C20H32N2O3/c1-3-22(17-8-6-5-7-9-17)16-20(23)21-14-15-25-19-12-10-18(11-13-19)24-4-2/h10-13,17H,3-9,14-16H2,1-2H3,(H,21,23). The normalized spacial score (nSPS) is 15.2. The van der Waals surface area contributed by atoms with E-state index >= 15 is 0 Å². The fraction of sp³-hybridized carbons (Fsp3) is 0.650. The summed E-state index contributed by atoms with van der Waals surface area (Å²) < 4.78 is 11.1. The Morgan fingerprint density at radius 2 is 1.72 bits per heavy atom. The molecule has 1 aliphatic rings. The third kappa shape index (κ3) is 6.94. The summed E-state index contributed by atoms with van der Waals surface area (Å²) in [5.74, 6) is 1.71. The van der Waals surface area contributed by atoms with Crippen molar-refractivity contribution >= 4 is 5.91 Å². The van der Waals surface area contributed by atoms with Gasteiger partial charge in [-0.05, 0) is 50.6 Å². The third-order valence-corrected chi connectivity index (χ3v) is 4.67. The first-order chi connectivity index (χ1) is 12.2. The van der Waals surface area contributed by atoms with Crippen LogP contribution in [0.2, 0.25) is 0 Å². The quantitative estimate of drug-likeness (QED) is 0.660. The van der Waals surface area contributed by atoms with Crippen LogP contribution in [0.1, 0.15) is 46.0 Å². The van der Waals surface area contributed by atoms with Gasteiger partial charge in [0.15, 0.2) is 0 Å². The molecule has 5 heteroatoms. The Morgan fingerprint density at radius 3 is 2.32 bits per heavy atom. The first-order valence-corrected chi connectivity index (χ1v) is 9.59. The Kier molecular flexibility index (Phi) is 8.60. The molecular weight excluding hydrogens is 316 g/mol. The van der Waals surface area contributed by atoms with Crippen LogP contribution in [-0.2, 0) is 4.79 Å². The van der Waals surface area contributed by atoms with E-state index in [1.807, 2.05) is 31.2 Å². The van der Waals surface area contributed by atoms with Crippen molar-refractivity contribution in [1.82, 2.24) is 10.2 Å². The molecule has 2 rings (SSSR count). The molecule has 0 bridgehead atoms. The minimum absolute atomic E-state index is 0.0858. The minimum Gasteiger partial charge on any atom is -0.494 e. The number of hydrogen-bond donors (Lipinski definition) is 1. The minimum atomic E-state index is 0.0858. The number of ether oxygens (including phenoxy) is 2. The van der Waals surface area contributed by atoms with E-state index in [0.717, 1.165) is 18.0 Å². The zero-order valence-corrected chi connectivity index (χ0v) is 15.6. The van der Waals surface area contributed by atoms with Gasteiger partial charge >= 0.3 is 0 Å². The lowest BCUT2D eigenvalue weighted by molar-refractivity contribution is -0.123. The van der Waals surface area contributed by atoms with Crippen LogP contribution in [-0.4, -0.2) is 49.7 Å².